The fourth-order valence-corrected chi connectivity index (χ4v) is 2.33. The first-order valence-electron chi connectivity index (χ1n) is 6.33. The Labute approximate surface area is 109 Å². The maximum atomic E-state index is 9.92. The number of benzene rings is 1. The van der Waals surface area contributed by atoms with Crippen LogP contribution in [0.3, 0.4) is 0 Å². The highest BCUT2D eigenvalue weighted by Gasteiger charge is 2.14. The third-order valence-corrected chi connectivity index (χ3v) is 3.03. The normalized spacial score (nSPS) is 11.9. The molecule has 0 aliphatic rings. The van der Waals surface area contributed by atoms with Gasteiger partial charge in [-0.15, -0.1) is 6.58 Å². The SMILES string of the molecule is C=CCc1c(O)ccc2c1ccn2CC(C)(C)C. The number of hydrogen-bond donors (Lipinski definition) is 1. The molecule has 0 spiro atoms. The summed E-state index contributed by atoms with van der Waals surface area (Å²) in [5, 5.41) is 11.0. The van der Waals surface area contributed by atoms with Gasteiger partial charge in [0.2, 0.25) is 0 Å². The van der Waals surface area contributed by atoms with Crippen LogP contribution in [0, 0.1) is 5.41 Å². The van der Waals surface area contributed by atoms with Crippen molar-refractivity contribution in [1.82, 2.24) is 4.57 Å². The minimum Gasteiger partial charge on any atom is -0.508 e. The third-order valence-electron chi connectivity index (χ3n) is 3.03. The Morgan fingerprint density at radius 1 is 1.28 bits per heavy atom. The molecule has 1 aromatic heterocycles. The molecule has 1 heterocycles. The number of phenols is 1. The van der Waals surface area contributed by atoms with Crippen molar-refractivity contribution in [3.05, 3.63) is 42.6 Å². The number of phenolic OH excluding ortho intramolecular Hbond substituents is 1. The Kier molecular flexibility index (Phi) is 3.20. The number of aromatic nitrogens is 1. The summed E-state index contributed by atoms with van der Waals surface area (Å²) < 4.78 is 2.25. The van der Waals surface area contributed by atoms with Crippen LogP contribution >= 0.6 is 0 Å². The Morgan fingerprint density at radius 3 is 2.61 bits per heavy atom. The van der Waals surface area contributed by atoms with E-state index < -0.39 is 0 Å². The average molecular weight is 243 g/mol. The molecular formula is C16H21NO. The number of rotatable bonds is 3. The summed E-state index contributed by atoms with van der Waals surface area (Å²) in [5.74, 6) is 0.357. The minimum absolute atomic E-state index is 0.239. The zero-order chi connectivity index (χ0) is 13.3. The maximum absolute atomic E-state index is 9.92. The van der Waals surface area contributed by atoms with Crippen LogP contribution in [0.15, 0.2) is 37.1 Å². The molecule has 2 rings (SSSR count). The zero-order valence-electron chi connectivity index (χ0n) is 11.4. The van der Waals surface area contributed by atoms with E-state index in [0.29, 0.717) is 12.2 Å². The van der Waals surface area contributed by atoms with Gasteiger partial charge in [-0.25, -0.2) is 0 Å². The van der Waals surface area contributed by atoms with E-state index >= 15 is 0 Å². The highest BCUT2D eigenvalue weighted by molar-refractivity contribution is 5.86. The lowest BCUT2D eigenvalue weighted by Gasteiger charge is -2.20. The van der Waals surface area contributed by atoms with E-state index in [4.69, 9.17) is 0 Å². The first kappa shape index (κ1) is 12.7. The lowest BCUT2D eigenvalue weighted by Crippen LogP contribution is -2.14. The first-order chi connectivity index (χ1) is 8.42. The molecule has 0 aliphatic heterocycles. The Hall–Kier alpha value is -1.70. The van der Waals surface area contributed by atoms with Crippen LogP contribution in [0.25, 0.3) is 10.9 Å². The second-order valence-electron chi connectivity index (χ2n) is 5.99. The van der Waals surface area contributed by atoms with Crippen LogP contribution in [-0.4, -0.2) is 9.67 Å². The maximum Gasteiger partial charge on any atom is 0.119 e. The average Bonchev–Trinajstić information content (AvgIpc) is 2.64. The van der Waals surface area contributed by atoms with E-state index in [2.05, 4.69) is 44.2 Å². The van der Waals surface area contributed by atoms with E-state index in [9.17, 15) is 5.11 Å². The molecule has 1 N–H and O–H groups in total. The molecule has 2 heteroatoms. The van der Waals surface area contributed by atoms with Crippen molar-refractivity contribution in [2.45, 2.75) is 33.7 Å². The van der Waals surface area contributed by atoms with Gasteiger partial charge in [0.1, 0.15) is 5.75 Å². The molecule has 0 fully saturated rings. The van der Waals surface area contributed by atoms with Gasteiger partial charge >= 0.3 is 0 Å². The van der Waals surface area contributed by atoms with E-state index in [0.717, 1.165) is 17.5 Å². The van der Waals surface area contributed by atoms with Gasteiger partial charge in [0.25, 0.3) is 0 Å². The first-order valence-corrected chi connectivity index (χ1v) is 6.33. The fraction of sp³-hybridized carbons (Fsp3) is 0.375. The lowest BCUT2D eigenvalue weighted by molar-refractivity contribution is 0.349. The van der Waals surface area contributed by atoms with Gasteiger partial charge in [0.05, 0.1) is 0 Å². The van der Waals surface area contributed by atoms with Gasteiger partial charge < -0.3 is 9.67 Å². The van der Waals surface area contributed by atoms with Crippen molar-refractivity contribution in [3.63, 3.8) is 0 Å². The van der Waals surface area contributed by atoms with Crippen molar-refractivity contribution >= 4 is 10.9 Å². The number of allylic oxidation sites excluding steroid dienone is 1. The van der Waals surface area contributed by atoms with Crippen molar-refractivity contribution in [2.24, 2.45) is 5.41 Å². The molecule has 0 saturated carbocycles. The number of fused-ring (bicyclic) bond motifs is 1. The molecule has 0 radical (unpaired) electrons. The second-order valence-corrected chi connectivity index (χ2v) is 5.99. The quantitative estimate of drug-likeness (QED) is 0.806. The minimum atomic E-state index is 0.239. The Balaban J connectivity index is 2.54. The highest BCUT2D eigenvalue weighted by Crippen LogP contribution is 2.30. The summed E-state index contributed by atoms with van der Waals surface area (Å²) in [6.45, 7) is 11.4. The fourth-order valence-electron chi connectivity index (χ4n) is 2.33. The molecular weight excluding hydrogens is 222 g/mol. The van der Waals surface area contributed by atoms with Gasteiger partial charge in [-0.1, -0.05) is 26.8 Å². The highest BCUT2D eigenvalue weighted by atomic mass is 16.3. The molecule has 0 aliphatic carbocycles. The molecule has 96 valence electrons. The van der Waals surface area contributed by atoms with Crippen LogP contribution in [0.5, 0.6) is 5.75 Å². The standard InChI is InChI=1S/C16H21NO/c1-5-6-13-12-9-10-17(11-16(2,3)4)14(12)7-8-15(13)18/h5,7-10,18H,1,6,11H2,2-4H3. The van der Waals surface area contributed by atoms with Crippen LogP contribution < -0.4 is 0 Å². The third kappa shape index (κ3) is 2.42. The number of hydrogen-bond acceptors (Lipinski definition) is 1. The molecule has 18 heavy (non-hydrogen) atoms. The summed E-state index contributed by atoms with van der Waals surface area (Å²) >= 11 is 0. The molecule has 0 saturated heterocycles. The van der Waals surface area contributed by atoms with Gasteiger partial charge in [-0.05, 0) is 30.0 Å². The number of aromatic hydroxyl groups is 1. The molecule has 0 amide bonds. The van der Waals surface area contributed by atoms with Gasteiger partial charge in [-0.3, -0.25) is 0 Å². The summed E-state index contributed by atoms with van der Waals surface area (Å²) in [4.78, 5) is 0. The number of nitrogens with zero attached hydrogens (tertiary/aromatic N) is 1. The van der Waals surface area contributed by atoms with E-state index in [1.165, 1.54) is 5.52 Å². The summed E-state index contributed by atoms with van der Waals surface area (Å²) in [7, 11) is 0. The molecule has 0 bridgehead atoms. The van der Waals surface area contributed by atoms with Crippen LogP contribution in [0.2, 0.25) is 0 Å². The van der Waals surface area contributed by atoms with Crippen LogP contribution in [-0.2, 0) is 13.0 Å². The Morgan fingerprint density at radius 2 is 2.00 bits per heavy atom. The monoisotopic (exact) mass is 243 g/mol. The van der Waals surface area contributed by atoms with Crippen LogP contribution in [0.1, 0.15) is 26.3 Å². The van der Waals surface area contributed by atoms with E-state index in [1.807, 2.05) is 12.1 Å². The predicted octanol–water partition coefficient (Wildman–Crippen LogP) is 4.12. The molecule has 2 aromatic rings. The summed E-state index contributed by atoms with van der Waals surface area (Å²) in [6, 6.07) is 5.85. The van der Waals surface area contributed by atoms with Gasteiger partial charge in [0, 0.05) is 29.2 Å². The topological polar surface area (TPSA) is 25.2 Å². The predicted molar refractivity (Wildman–Crippen MR) is 77.0 cm³/mol. The summed E-state index contributed by atoms with van der Waals surface area (Å²) in [6.07, 6.45) is 4.63. The molecule has 0 unspecified atom stereocenters. The molecule has 0 atom stereocenters. The summed E-state index contributed by atoms with van der Waals surface area (Å²) in [5.41, 5.74) is 2.39. The smallest absolute Gasteiger partial charge is 0.119 e. The van der Waals surface area contributed by atoms with Crippen molar-refractivity contribution in [2.75, 3.05) is 0 Å². The van der Waals surface area contributed by atoms with Crippen molar-refractivity contribution in [1.29, 1.82) is 0 Å². The van der Waals surface area contributed by atoms with E-state index in [1.54, 1.807) is 6.07 Å². The second kappa shape index (κ2) is 4.52. The van der Waals surface area contributed by atoms with E-state index in [-0.39, 0.29) is 5.41 Å². The molecule has 2 nitrogen and oxygen atoms in total. The van der Waals surface area contributed by atoms with Crippen LogP contribution in [0.4, 0.5) is 0 Å². The molecule has 1 aromatic carbocycles. The van der Waals surface area contributed by atoms with Crippen molar-refractivity contribution in [3.8, 4) is 5.75 Å². The van der Waals surface area contributed by atoms with Gasteiger partial charge in [-0.2, -0.15) is 0 Å². The Bertz CT molecular complexity index is 573. The largest absolute Gasteiger partial charge is 0.508 e. The lowest BCUT2D eigenvalue weighted by atomic mass is 9.97. The van der Waals surface area contributed by atoms with Crippen molar-refractivity contribution < 1.29 is 5.11 Å². The zero-order valence-corrected chi connectivity index (χ0v) is 11.4. The van der Waals surface area contributed by atoms with Gasteiger partial charge in [0.15, 0.2) is 0 Å².